The molecule has 0 aliphatic heterocycles. The largest absolute Gasteiger partial charge is 0.514 e. The van der Waals surface area contributed by atoms with E-state index in [4.69, 9.17) is 34.2 Å². The molecule has 0 aromatic heterocycles. The number of hydrogen-bond donors (Lipinski definition) is 2. The molecule has 0 heterocycles. The lowest BCUT2D eigenvalue weighted by atomic mass is 9.82. The van der Waals surface area contributed by atoms with Gasteiger partial charge in [-0.2, -0.15) is 0 Å². The number of carbonyl (C=O) groups excluding carboxylic acids is 3. The summed E-state index contributed by atoms with van der Waals surface area (Å²) in [6.45, 7) is 9.63. The van der Waals surface area contributed by atoms with Crippen LogP contribution in [0.5, 0.6) is 11.5 Å². The molecule has 1 unspecified atom stereocenters. The van der Waals surface area contributed by atoms with E-state index in [0.717, 1.165) is 0 Å². The zero-order valence-electron chi connectivity index (χ0n) is 21.0. The van der Waals surface area contributed by atoms with Gasteiger partial charge in [0.2, 0.25) is 0 Å². The smallest absolute Gasteiger partial charge is 0.480 e. The van der Waals surface area contributed by atoms with Crippen molar-refractivity contribution in [1.82, 2.24) is 0 Å². The van der Waals surface area contributed by atoms with Gasteiger partial charge in [-0.15, -0.1) is 12.4 Å². The van der Waals surface area contributed by atoms with Crippen LogP contribution in [0, 0.1) is 5.92 Å². The third-order valence-electron chi connectivity index (χ3n) is 4.41. The Labute approximate surface area is 215 Å². The maximum Gasteiger partial charge on any atom is 0.514 e. The van der Waals surface area contributed by atoms with E-state index in [-0.39, 0.29) is 37.1 Å². The minimum atomic E-state index is -1.41. The predicted molar refractivity (Wildman–Crippen MR) is 129 cm³/mol. The summed E-state index contributed by atoms with van der Waals surface area (Å²) in [7, 11) is 0. The van der Waals surface area contributed by atoms with Gasteiger partial charge in [-0.3, -0.25) is 4.79 Å². The van der Waals surface area contributed by atoms with E-state index in [9.17, 15) is 24.3 Å². The maximum atomic E-state index is 12.1. The van der Waals surface area contributed by atoms with Crippen molar-refractivity contribution in [3.63, 3.8) is 0 Å². The molecule has 0 saturated carbocycles. The maximum absolute atomic E-state index is 12.1. The predicted octanol–water partition coefficient (Wildman–Crippen LogP) is 4.26. The highest BCUT2D eigenvalue weighted by Gasteiger charge is 2.33. The first-order valence-corrected chi connectivity index (χ1v) is 11.0. The van der Waals surface area contributed by atoms with E-state index in [0.29, 0.717) is 5.56 Å². The van der Waals surface area contributed by atoms with E-state index in [1.54, 1.807) is 41.5 Å². The number of hydrogen-bond acceptors (Lipinski definition) is 11. The van der Waals surface area contributed by atoms with Crippen LogP contribution in [0.15, 0.2) is 18.2 Å². The van der Waals surface area contributed by atoms with Crippen LogP contribution in [-0.4, -0.2) is 61.0 Å². The van der Waals surface area contributed by atoms with Crippen molar-refractivity contribution in [2.45, 2.75) is 65.7 Å². The van der Waals surface area contributed by atoms with Crippen LogP contribution in [0.1, 0.15) is 53.0 Å². The number of aliphatic carboxylic acids is 1. The van der Waals surface area contributed by atoms with Crippen LogP contribution in [0.2, 0.25) is 0 Å². The average Bonchev–Trinajstić information content (AvgIpc) is 2.73. The Morgan fingerprint density at radius 3 is 1.86 bits per heavy atom. The van der Waals surface area contributed by atoms with E-state index in [2.05, 4.69) is 0 Å². The number of nitrogens with two attached hydrogens (primary N) is 1. The first-order valence-electron chi connectivity index (χ1n) is 11.0. The first-order chi connectivity index (χ1) is 16.3. The normalized spacial score (nSPS) is 13.0. The van der Waals surface area contributed by atoms with Crippen LogP contribution in [0.25, 0.3) is 0 Å². The van der Waals surface area contributed by atoms with Crippen molar-refractivity contribution >= 4 is 36.8 Å². The summed E-state index contributed by atoms with van der Waals surface area (Å²) in [6.07, 6.45) is -3.97. The number of benzene rings is 1. The van der Waals surface area contributed by atoms with Gasteiger partial charge in [-0.1, -0.05) is 13.0 Å². The van der Waals surface area contributed by atoms with Crippen LogP contribution >= 0.6 is 12.4 Å². The molecule has 1 aromatic rings. The molecule has 12 nitrogen and oxygen atoms in total. The van der Waals surface area contributed by atoms with Crippen molar-refractivity contribution in [3.05, 3.63) is 23.8 Å². The summed E-state index contributed by atoms with van der Waals surface area (Å²) >= 11 is 0. The molecule has 3 atom stereocenters. The number of ether oxygens (including phenoxy) is 6. The second kappa shape index (κ2) is 15.7. The van der Waals surface area contributed by atoms with E-state index >= 15 is 0 Å². The SMILES string of the molecule is CCOC(=O)OC[C@H](C)C(c1ccc(OC(=O)OC(C)C)c(OC(=O)OC(C)C)c1)[C@H](N)C(=O)O.Cl. The first kappa shape index (κ1) is 32.8. The van der Waals surface area contributed by atoms with Gasteiger partial charge in [0.25, 0.3) is 0 Å². The van der Waals surface area contributed by atoms with Crippen LogP contribution in [0.4, 0.5) is 14.4 Å². The van der Waals surface area contributed by atoms with Crippen molar-refractivity contribution in [2.24, 2.45) is 11.7 Å². The van der Waals surface area contributed by atoms with Crippen molar-refractivity contribution in [1.29, 1.82) is 0 Å². The lowest BCUT2D eigenvalue weighted by Crippen LogP contribution is -2.40. The van der Waals surface area contributed by atoms with Gasteiger partial charge in [0, 0.05) is 5.92 Å². The highest BCUT2D eigenvalue weighted by atomic mass is 35.5. The lowest BCUT2D eigenvalue weighted by Gasteiger charge is -2.27. The minimum Gasteiger partial charge on any atom is -0.480 e. The fourth-order valence-electron chi connectivity index (χ4n) is 3.01. The lowest BCUT2D eigenvalue weighted by molar-refractivity contribution is -0.139. The van der Waals surface area contributed by atoms with Gasteiger partial charge in [0.05, 0.1) is 25.4 Å². The molecular weight excluding hydrogens is 502 g/mol. The molecule has 0 radical (unpaired) electrons. The Kier molecular flexibility index (Phi) is 14.3. The average molecular weight is 536 g/mol. The standard InChI is InChI=1S/C23H33NO11.ClH/c1-7-30-21(27)31-11-14(6)18(19(24)20(25)26)15-8-9-16(34-22(28)32-12(2)3)17(10-15)35-23(29)33-13(4)5;/h8-10,12-14,18-19H,7,11,24H2,1-6H3,(H,25,26);1H/t14-,18?,19-;/m0./s1. The summed E-state index contributed by atoms with van der Waals surface area (Å²) < 4.78 is 30.0. The molecule has 0 aliphatic rings. The topological polar surface area (TPSA) is 170 Å². The molecule has 0 spiro atoms. The van der Waals surface area contributed by atoms with Crippen LogP contribution < -0.4 is 15.2 Å². The van der Waals surface area contributed by atoms with Crippen LogP contribution in [0.3, 0.4) is 0 Å². The number of rotatable bonds is 11. The van der Waals surface area contributed by atoms with E-state index in [1.165, 1.54) is 18.2 Å². The molecular formula is C23H34ClNO11. The number of carboxylic acids is 1. The molecule has 13 heteroatoms. The molecule has 36 heavy (non-hydrogen) atoms. The van der Waals surface area contributed by atoms with Crippen molar-refractivity contribution < 1.29 is 52.7 Å². The highest BCUT2D eigenvalue weighted by Crippen LogP contribution is 2.36. The Balaban J connectivity index is 0.0000122. The molecule has 0 aliphatic carbocycles. The van der Waals surface area contributed by atoms with Gasteiger partial charge in [0.15, 0.2) is 11.5 Å². The summed E-state index contributed by atoms with van der Waals surface area (Å²) in [4.78, 5) is 47.4. The molecule has 1 aromatic carbocycles. The second-order valence-electron chi connectivity index (χ2n) is 8.10. The minimum absolute atomic E-state index is 0. The summed E-state index contributed by atoms with van der Waals surface area (Å²) in [5.41, 5.74) is 6.26. The summed E-state index contributed by atoms with van der Waals surface area (Å²) in [5.74, 6) is -3.20. The molecule has 0 fully saturated rings. The number of halogens is 1. The van der Waals surface area contributed by atoms with Gasteiger partial charge in [-0.25, -0.2) is 14.4 Å². The van der Waals surface area contributed by atoms with E-state index < -0.39 is 54.5 Å². The monoisotopic (exact) mass is 535 g/mol. The Bertz CT molecular complexity index is 891. The third kappa shape index (κ3) is 11.0. The second-order valence-corrected chi connectivity index (χ2v) is 8.10. The number of carbonyl (C=O) groups is 4. The zero-order valence-corrected chi connectivity index (χ0v) is 21.9. The van der Waals surface area contributed by atoms with Gasteiger partial charge < -0.3 is 39.3 Å². The molecule has 1 rings (SSSR count). The Morgan fingerprint density at radius 2 is 1.39 bits per heavy atom. The highest BCUT2D eigenvalue weighted by molar-refractivity contribution is 5.85. The summed E-state index contributed by atoms with van der Waals surface area (Å²) in [6, 6.07) is 2.64. The Morgan fingerprint density at radius 1 is 0.861 bits per heavy atom. The molecule has 0 saturated heterocycles. The van der Waals surface area contributed by atoms with Gasteiger partial charge >= 0.3 is 24.4 Å². The fourth-order valence-corrected chi connectivity index (χ4v) is 3.01. The third-order valence-corrected chi connectivity index (χ3v) is 4.41. The van der Waals surface area contributed by atoms with E-state index in [1.807, 2.05) is 0 Å². The quantitative estimate of drug-likeness (QED) is 0.235. The molecule has 204 valence electrons. The summed E-state index contributed by atoms with van der Waals surface area (Å²) in [5, 5.41) is 9.55. The zero-order chi connectivity index (χ0) is 26.7. The van der Waals surface area contributed by atoms with Crippen molar-refractivity contribution in [2.75, 3.05) is 13.2 Å². The molecule has 3 N–H and O–H groups in total. The van der Waals surface area contributed by atoms with Crippen LogP contribution in [-0.2, 0) is 23.7 Å². The fraction of sp³-hybridized carbons (Fsp3) is 0.565. The molecule has 0 bridgehead atoms. The van der Waals surface area contributed by atoms with Gasteiger partial charge in [0.1, 0.15) is 6.04 Å². The van der Waals surface area contributed by atoms with Gasteiger partial charge in [-0.05, 0) is 58.2 Å². The Hall–Kier alpha value is -3.25. The number of carboxylic acid groups (broad SMARTS) is 1. The van der Waals surface area contributed by atoms with Crippen molar-refractivity contribution in [3.8, 4) is 11.5 Å². The molecule has 0 amide bonds.